The summed E-state index contributed by atoms with van der Waals surface area (Å²) in [4.78, 5) is 90.1. The van der Waals surface area contributed by atoms with Crippen LogP contribution in [0.15, 0.2) is 77.6 Å². The standard InChI is InChI=1S/C50H58N10O10/c1-50(2,3)42-28-43(55-70-42)54-48(65)52-32-10-12-34(13-11-32)59-30-51-39-27-35(14-15-40(39)59)68-24-5-4-9-44(61)53-38-8-6-7-36-37(38)29-58(46(36)63)41-16-17-45(62)60(47(41)64)31-69-49(66)57-20-18-33(19-21-57)56-22-25-67-26-23-56/h6-8,10-15,27-28,30,33,41H,4-5,9,16-26,29,31H2,1-3H3,(H,53,61)(H2,52,54,55,65). The van der Waals surface area contributed by atoms with E-state index in [0.717, 1.165) is 47.6 Å². The van der Waals surface area contributed by atoms with Crippen molar-refractivity contribution in [2.75, 3.05) is 68.7 Å². The van der Waals surface area contributed by atoms with E-state index < -0.39 is 36.7 Å². The number of hydrogen-bond donors (Lipinski definition) is 3. The largest absolute Gasteiger partial charge is 0.494 e. The molecule has 0 saturated carbocycles. The van der Waals surface area contributed by atoms with Gasteiger partial charge in [-0.05, 0) is 80.6 Å². The molecule has 20 nitrogen and oxygen atoms in total. The number of benzene rings is 3. The van der Waals surface area contributed by atoms with Gasteiger partial charge in [0, 0.05) is 97.3 Å². The average molecular weight is 959 g/mol. The van der Waals surface area contributed by atoms with Gasteiger partial charge in [-0.1, -0.05) is 32.0 Å². The Hall–Kier alpha value is -7.32. The normalized spacial score (nSPS) is 18.0. The minimum absolute atomic E-state index is 0.00976. The molecule has 0 aliphatic carbocycles. The van der Waals surface area contributed by atoms with Crippen LogP contribution in [-0.2, 0) is 35.8 Å². The fourth-order valence-electron chi connectivity index (χ4n) is 9.29. The van der Waals surface area contributed by atoms with Gasteiger partial charge in [0.05, 0.1) is 30.9 Å². The third-order valence-corrected chi connectivity index (χ3v) is 13.2. The van der Waals surface area contributed by atoms with Crippen molar-refractivity contribution in [1.29, 1.82) is 0 Å². The van der Waals surface area contributed by atoms with Crippen LogP contribution >= 0.6 is 0 Å². The van der Waals surface area contributed by atoms with E-state index in [2.05, 4.69) is 31.0 Å². The van der Waals surface area contributed by atoms with Gasteiger partial charge in [-0.25, -0.2) is 19.5 Å². The molecule has 1 atom stereocenters. The lowest BCUT2D eigenvalue weighted by atomic mass is 9.93. The molecule has 3 fully saturated rings. The summed E-state index contributed by atoms with van der Waals surface area (Å²) in [6.07, 6.45) is 4.27. The van der Waals surface area contributed by atoms with Crippen molar-refractivity contribution in [2.24, 2.45) is 0 Å². The Balaban J connectivity index is 0.707. The second-order valence-electron chi connectivity index (χ2n) is 19.0. The van der Waals surface area contributed by atoms with Crippen LogP contribution in [0, 0.1) is 0 Å². The van der Waals surface area contributed by atoms with Crippen LogP contribution in [0.3, 0.4) is 0 Å². The van der Waals surface area contributed by atoms with Gasteiger partial charge in [-0.3, -0.25) is 34.0 Å². The maximum Gasteiger partial charge on any atom is 0.411 e. The maximum absolute atomic E-state index is 13.7. The lowest BCUT2D eigenvalue weighted by Crippen LogP contribution is -2.55. The lowest BCUT2D eigenvalue weighted by molar-refractivity contribution is -0.157. The third-order valence-electron chi connectivity index (χ3n) is 13.2. The molecule has 70 heavy (non-hydrogen) atoms. The molecule has 4 aliphatic rings. The van der Waals surface area contributed by atoms with Crippen molar-refractivity contribution in [2.45, 2.75) is 89.8 Å². The number of carbonyl (C=O) groups excluding carboxylic acids is 6. The number of unbranched alkanes of at least 4 members (excludes halogenated alkanes) is 1. The highest BCUT2D eigenvalue weighted by Gasteiger charge is 2.44. The number of fused-ring (bicyclic) bond motifs is 2. The Morgan fingerprint density at radius 1 is 0.871 bits per heavy atom. The molecule has 5 aromatic rings. The van der Waals surface area contributed by atoms with Crippen LogP contribution in [0.5, 0.6) is 5.75 Å². The minimum atomic E-state index is -0.932. The Kier molecular flexibility index (Phi) is 14.1. The summed E-state index contributed by atoms with van der Waals surface area (Å²) in [7, 11) is 0. The van der Waals surface area contributed by atoms with Crippen molar-refractivity contribution in [3.05, 3.63) is 89.9 Å². The fourth-order valence-corrected chi connectivity index (χ4v) is 9.29. The Morgan fingerprint density at radius 3 is 2.41 bits per heavy atom. The predicted octanol–water partition coefficient (Wildman–Crippen LogP) is 6.51. The SMILES string of the molecule is CC(C)(C)c1cc(NC(=O)Nc2ccc(-n3cnc4cc(OCCCCC(=O)Nc5cccc6c5CN(C5CCC(=O)N(COC(=O)N7CCC(N8CCOCC8)CC7)C5=O)C6=O)ccc43)cc2)no1. The molecule has 9 rings (SSSR count). The summed E-state index contributed by atoms with van der Waals surface area (Å²) in [6, 6.07) is 18.8. The number of anilines is 3. The maximum atomic E-state index is 13.7. The molecule has 3 saturated heterocycles. The first-order valence-electron chi connectivity index (χ1n) is 23.8. The van der Waals surface area contributed by atoms with E-state index in [1.165, 1.54) is 4.90 Å². The summed E-state index contributed by atoms with van der Waals surface area (Å²) in [6.45, 7) is 10.1. The first-order valence-corrected chi connectivity index (χ1v) is 23.8. The highest BCUT2D eigenvalue weighted by molar-refractivity contribution is 6.07. The quantitative estimate of drug-likeness (QED) is 0.0799. The second-order valence-corrected chi connectivity index (χ2v) is 19.0. The molecule has 6 heterocycles. The number of likely N-dealkylation sites (tertiary alicyclic amines) is 2. The molecular formula is C50H58N10O10. The van der Waals surface area contributed by atoms with Crippen molar-refractivity contribution >= 4 is 64.0 Å². The highest BCUT2D eigenvalue weighted by Crippen LogP contribution is 2.34. The van der Waals surface area contributed by atoms with Crippen LogP contribution in [-0.4, -0.2) is 135 Å². The molecule has 0 spiro atoms. The minimum Gasteiger partial charge on any atom is -0.494 e. The highest BCUT2D eigenvalue weighted by atomic mass is 16.6. The lowest BCUT2D eigenvalue weighted by Gasteiger charge is -2.40. The van der Waals surface area contributed by atoms with Crippen LogP contribution in [0.2, 0.25) is 0 Å². The van der Waals surface area contributed by atoms with E-state index in [-0.39, 0.29) is 43.0 Å². The van der Waals surface area contributed by atoms with Crippen LogP contribution in [0.25, 0.3) is 16.7 Å². The number of amides is 7. The Bertz CT molecular complexity index is 2750. The van der Waals surface area contributed by atoms with Crippen molar-refractivity contribution in [3.63, 3.8) is 0 Å². The van der Waals surface area contributed by atoms with Gasteiger partial charge in [0.2, 0.25) is 11.8 Å². The van der Waals surface area contributed by atoms with Gasteiger partial charge in [-0.15, -0.1) is 0 Å². The van der Waals surface area contributed by atoms with E-state index in [9.17, 15) is 28.8 Å². The zero-order valence-electron chi connectivity index (χ0n) is 39.6. The molecule has 0 radical (unpaired) electrons. The Morgan fingerprint density at radius 2 is 1.66 bits per heavy atom. The summed E-state index contributed by atoms with van der Waals surface area (Å²) in [5, 5.41) is 12.4. The molecule has 7 amide bonds. The van der Waals surface area contributed by atoms with E-state index >= 15 is 0 Å². The number of nitrogens with zero attached hydrogens (tertiary/aromatic N) is 7. The molecule has 4 aliphatic heterocycles. The van der Waals surface area contributed by atoms with Crippen LogP contribution in [0.4, 0.5) is 26.8 Å². The molecule has 3 aromatic carbocycles. The number of hydrogen-bond acceptors (Lipinski definition) is 13. The molecular weight excluding hydrogens is 901 g/mol. The third kappa shape index (κ3) is 10.8. The van der Waals surface area contributed by atoms with Crippen molar-refractivity contribution < 1.29 is 47.5 Å². The van der Waals surface area contributed by atoms with E-state index in [1.54, 1.807) is 47.6 Å². The summed E-state index contributed by atoms with van der Waals surface area (Å²) in [5.41, 5.74) is 4.27. The summed E-state index contributed by atoms with van der Waals surface area (Å²) >= 11 is 0. The first-order chi connectivity index (χ1) is 33.8. The number of imidazole rings is 1. The molecule has 3 N–H and O–H groups in total. The van der Waals surface area contributed by atoms with Crippen LogP contribution in [0.1, 0.15) is 87.4 Å². The molecule has 20 heteroatoms. The number of ether oxygens (including phenoxy) is 3. The number of carbonyl (C=O) groups is 6. The van der Waals surface area contributed by atoms with Gasteiger partial charge in [0.1, 0.15) is 23.9 Å². The van der Waals surface area contributed by atoms with Gasteiger partial charge >= 0.3 is 12.1 Å². The number of morpholine rings is 1. The smallest absolute Gasteiger partial charge is 0.411 e. The number of rotatable bonds is 14. The van der Waals surface area contributed by atoms with Crippen molar-refractivity contribution in [1.82, 2.24) is 34.3 Å². The molecule has 1 unspecified atom stereocenters. The van der Waals surface area contributed by atoms with E-state index in [4.69, 9.17) is 18.7 Å². The predicted molar refractivity (Wildman–Crippen MR) is 256 cm³/mol. The number of urea groups is 1. The van der Waals surface area contributed by atoms with Gasteiger partial charge in [0.25, 0.3) is 11.8 Å². The molecule has 368 valence electrons. The van der Waals surface area contributed by atoms with Gasteiger partial charge < -0.3 is 39.2 Å². The zero-order chi connectivity index (χ0) is 48.9. The molecule has 2 aromatic heterocycles. The van der Waals surface area contributed by atoms with Gasteiger partial charge in [0.15, 0.2) is 12.5 Å². The summed E-state index contributed by atoms with van der Waals surface area (Å²) in [5.74, 6) is -0.0235. The number of piperidine rings is 2. The van der Waals surface area contributed by atoms with Crippen molar-refractivity contribution in [3.8, 4) is 11.4 Å². The molecule has 0 bridgehead atoms. The average Bonchev–Trinajstić information content (AvgIpc) is 4.10. The van der Waals surface area contributed by atoms with Crippen LogP contribution < -0.4 is 20.7 Å². The number of imide groups is 1. The van der Waals surface area contributed by atoms with Gasteiger partial charge in [-0.2, -0.15) is 0 Å². The first kappa shape index (κ1) is 47.7. The number of nitrogens with one attached hydrogen (secondary N) is 3. The van der Waals surface area contributed by atoms with E-state index in [1.807, 2.05) is 55.7 Å². The fraction of sp³-hybridized carbons (Fsp3) is 0.440. The zero-order valence-corrected chi connectivity index (χ0v) is 39.6. The topological polar surface area (TPSA) is 223 Å². The Labute approximate surface area is 404 Å². The summed E-state index contributed by atoms with van der Waals surface area (Å²) < 4.78 is 24.3. The monoisotopic (exact) mass is 958 g/mol. The van der Waals surface area contributed by atoms with E-state index in [0.29, 0.717) is 91.6 Å². The number of aromatic nitrogens is 3. The second kappa shape index (κ2) is 20.7.